The van der Waals surface area contributed by atoms with E-state index >= 15 is 0 Å². The van der Waals surface area contributed by atoms with Crippen LogP contribution in [0.5, 0.6) is 5.75 Å². The van der Waals surface area contributed by atoms with Crippen LogP contribution in [0.25, 0.3) is 0 Å². The van der Waals surface area contributed by atoms with Crippen LogP contribution in [0.4, 0.5) is 4.39 Å². The summed E-state index contributed by atoms with van der Waals surface area (Å²) in [4.78, 5) is 14.0. The number of hydrogen-bond donors (Lipinski definition) is 1. The van der Waals surface area contributed by atoms with Crippen LogP contribution in [-0.4, -0.2) is 53.9 Å². The van der Waals surface area contributed by atoms with Gasteiger partial charge in [-0.25, -0.2) is 4.39 Å². The molecule has 0 aliphatic carbocycles. The minimum Gasteiger partial charge on any atom is -0.481 e. The summed E-state index contributed by atoms with van der Waals surface area (Å²) in [7, 11) is 0. The Morgan fingerprint density at radius 2 is 2.14 bits per heavy atom. The van der Waals surface area contributed by atoms with E-state index in [4.69, 9.17) is 9.47 Å². The number of amides is 1. The Kier molecular flexibility index (Phi) is 5.14. The number of rotatable bonds is 4. The number of ether oxygens (including phenoxy) is 2. The average molecular weight is 297 g/mol. The molecule has 0 saturated carbocycles. The quantitative estimate of drug-likeness (QED) is 0.907. The Morgan fingerprint density at radius 1 is 1.48 bits per heavy atom. The van der Waals surface area contributed by atoms with E-state index in [1.165, 1.54) is 24.3 Å². The lowest BCUT2D eigenvalue weighted by atomic mass is 10.2. The predicted octanol–water partition coefficient (Wildman–Crippen LogP) is 1.20. The van der Waals surface area contributed by atoms with E-state index in [-0.39, 0.29) is 30.5 Å². The molecule has 1 amide bonds. The minimum absolute atomic E-state index is 0.124. The van der Waals surface area contributed by atoms with Gasteiger partial charge >= 0.3 is 0 Å². The van der Waals surface area contributed by atoms with Crippen LogP contribution in [0, 0.1) is 5.82 Å². The minimum atomic E-state index is -0.680. The fraction of sp³-hybridized carbons (Fsp3) is 0.533. The number of aliphatic hydroxyl groups excluding tert-OH is 1. The molecule has 0 spiro atoms. The van der Waals surface area contributed by atoms with Crippen LogP contribution in [-0.2, 0) is 9.53 Å². The van der Waals surface area contributed by atoms with Crippen LogP contribution in [0.15, 0.2) is 24.3 Å². The van der Waals surface area contributed by atoms with Crippen molar-refractivity contribution in [1.29, 1.82) is 0 Å². The first-order chi connectivity index (χ1) is 9.99. The highest BCUT2D eigenvalue weighted by Crippen LogP contribution is 2.16. The predicted molar refractivity (Wildman–Crippen MR) is 74.5 cm³/mol. The maximum Gasteiger partial charge on any atom is 0.263 e. The van der Waals surface area contributed by atoms with Gasteiger partial charge in [-0.15, -0.1) is 0 Å². The van der Waals surface area contributed by atoms with Gasteiger partial charge < -0.3 is 19.5 Å². The van der Waals surface area contributed by atoms with E-state index in [9.17, 15) is 14.3 Å². The summed E-state index contributed by atoms with van der Waals surface area (Å²) in [6.45, 7) is 4.19. The lowest BCUT2D eigenvalue weighted by Gasteiger charge is -2.37. The highest BCUT2D eigenvalue weighted by Gasteiger charge is 2.31. The zero-order valence-electron chi connectivity index (χ0n) is 12.2. The number of carbonyl (C=O) groups is 1. The summed E-state index contributed by atoms with van der Waals surface area (Å²) in [6, 6.07) is 5.53. The van der Waals surface area contributed by atoms with Gasteiger partial charge in [-0.2, -0.15) is 0 Å². The molecule has 1 aliphatic rings. The molecule has 1 N–H and O–H groups in total. The van der Waals surface area contributed by atoms with Crippen molar-refractivity contribution in [3.63, 3.8) is 0 Å². The van der Waals surface area contributed by atoms with E-state index < -0.39 is 6.10 Å². The van der Waals surface area contributed by atoms with Gasteiger partial charge in [0.25, 0.3) is 5.91 Å². The van der Waals surface area contributed by atoms with E-state index in [0.29, 0.717) is 18.8 Å². The SMILES string of the molecule is CC1CN(C(=O)C(C)Oc2ccc(F)cc2)CC(CO)O1. The Balaban J connectivity index is 1.96. The molecule has 0 aromatic heterocycles. The molecular formula is C15H20FNO4. The lowest BCUT2D eigenvalue weighted by molar-refractivity contribution is -0.153. The highest BCUT2D eigenvalue weighted by atomic mass is 19.1. The average Bonchev–Trinajstić information content (AvgIpc) is 2.48. The summed E-state index contributed by atoms with van der Waals surface area (Å²) < 4.78 is 23.9. The zero-order valence-corrected chi connectivity index (χ0v) is 12.2. The lowest BCUT2D eigenvalue weighted by Crippen LogP contribution is -2.53. The zero-order chi connectivity index (χ0) is 15.4. The third-order valence-corrected chi connectivity index (χ3v) is 3.32. The van der Waals surface area contributed by atoms with Crippen molar-refractivity contribution in [2.45, 2.75) is 32.2 Å². The first kappa shape index (κ1) is 15.7. The fourth-order valence-corrected chi connectivity index (χ4v) is 2.35. The van der Waals surface area contributed by atoms with E-state index in [0.717, 1.165) is 0 Å². The molecule has 1 aromatic carbocycles. The molecule has 6 heteroatoms. The van der Waals surface area contributed by atoms with Gasteiger partial charge in [0.1, 0.15) is 11.6 Å². The third-order valence-electron chi connectivity index (χ3n) is 3.32. The number of hydrogen-bond acceptors (Lipinski definition) is 4. The van der Waals surface area contributed by atoms with Crippen molar-refractivity contribution < 1.29 is 23.8 Å². The van der Waals surface area contributed by atoms with E-state index in [1.807, 2.05) is 6.92 Å². The second kappa shape index (κ2) is 6.87. The molecule has 0 bridgehead atoms. The molecule has 1 saturated heterocycles. The van der Waals surface area contributed by atoms with Crippen LogP contribution in [0.2, 0.25) is 0 Å². The van der Waals surface area contributed by atoms with Gasteiger partial charge in [-0.3, -0.25) is 4.79 Å². The van der Waals surface area contributed by atoms with Crippen molar-refractivity contribution in [2.75, 3.05) is 19.7 Å². The molecule has 2 rings (SSSR count). The molecule has 3 unspecified atom stereocenters. The Hall–Kier alpha value is -1.66. The summed E-state index contributed by atoms with van der Waals surface area (Å²) in [5, 5.41) is 9.18. The van der Waals surface area contributed by atoms with Crippen LogP contribution < -0.4 is 4.74 Å². The number of benzene rings is 1. The van der Waals surface area contributed by atoms with Crippen molar-refractivity contribution >= 4 is 5.91 Å². The third kappa shape index (κ3) is 4.15. The monoisotopic (exact) mass is 297 g/mol. The molecule has 116 valence electrons. The number of aliphatic hydroxyl groups is 1. The van der Waals surface area contributed by atoms with Gasteiger partial charge in [0.2, 0.25) is 0 Å². The Bertz CT molecular complexity index is 479. The molecule has 21 heavy (non-hydrogen) atoms. The molecule has 0 radical (unpaired) electrons. The van der Waals surface area contributed by atoms with Crippen molar-refractivity contribution in [3.05, 3.63) is 30.1 Å². The first-order valence-electron chi connectivity index (χ1n) is 6.97. The van der Waals surface area contributed by atoms with Gasteiger partial charge in [-0.05, 0) is 38.1 Å². The second-order valence-corrected chi connectivity index (χ2v) is 5.21. The van der Waals surface area contributed by atoms with Crippen molar-refractivity contribution in [3.8, 4) is 5.75 Å². The molecule has 5 nitrogen and oxygen atoms in total. The molecular weight excluding hydrogens is 277 g/mol. The van der Waals surface area contributed by atoms with Crippen molar-refractivity contribution in [2.24, 2.45) is 0 Å². The molecule has 1 aromatic rings. The molecule has 3 atom stereocenters. The topological polar surface area (TPSA) is 59.0 Å². The second-order valence-electron chi connectivity index (χ2n) is 5.21. The smallest absolute Gasteiger partial charge is 0.263 e. The van der Waals surface area contributed by atoms with Gasteiger partial charge in [0.15, 0.2) is 6.10 Å². The van der Waals surface area contributed by atoms with Crippen LogP contribution >= 0.6 is 0 Å². The van der Waals surface area contributed by atoms with Gasteiger partial charge in [0.05, 0.1) is 18.8 Å². The molecule has 1 fully saturated rings. The number of morpholine rings is 1. The summed E-state index contributed by atoms with van der Waals surface area (Å²) in [6.07, 6.45) is -1.17. The highest BCUT2D eigenvalue weighted by molar-refractivity contribution is 5.81. The van der Waals surface area contributed by atoms with Gasteiger partial charge in [-0.1, -0.05) is 0 Å². The summed E-state index contributed by atoms with van der Waals surface area (Å²) >= 11 is 0. The van der Waals surface area contributed by atoms with Crippen LogP contribution in [0.3, 0.4) is 0 Å². The van der Waals surface area contributed by atoms with Crippen LogP contribution in [0.1, 0.15) is 13.8 Å². The standard InChI is InChI=1S/C15H20FNO4/c1-10-7-17(8-14(9-18)20-10)15(19)11(2)21-13-5-3-12(16)4-6-13/h3-6,10-11,14,18H,7-9H2,1-2H3. The van der Waals surface area contributed by atoms with E-state index in [1.54, 1.807) is 11.8 Å². The van der Waals surface area contributed by atoms with Crippen molar-refractivity contribution in [1.82, 2.24) is 4.90 Å². The maximum absolute atomic E-state index is 12.8. The normalized spacial score (nSPS) is 23.7. The summed E-state index contributed by atoms with van der Waals surface area (Å²) in [5.41, 5.74) is 0. The fourth-order valence-electron chi connectivity index (χ4n) is 2.35. The summed E-state index contributed by atoms with van der Waals surface area (Å²) in [5.74, 6) is -0.0840. The molecule has 1 aliphatic heterocycles. The number of carbonyl (C=O) groups excluding carboxylic acids is 1. The Labute approximate surface area is 123 Å². The largest absolute Gasteiger partial charge is 0.481 e. The number of halogens is 1. The van der Waals surface area contributed by atoms with Gasteiger partial charge in [0, 0.05) is 13.1 Å². The Morgan fingerprint density at radius 3 is 2.76 bits per heavy atom. The first-order valence-corrected chi connectivity index (χ1v) is 6.97. The molecule has 1 heterocycles. The van der Waals surface area contributed by atoms with E-state index in [2.05, 4.69) is 0 Å². The maximum atomic E-state index is 12.8. The number of nitrogens with zero attached hydrogens (tertiary/aromatic N) is 1.